The Morgan fingerprint density at radius 1 is 1.06 bits per heavy atom. The second kappa shape index (κ2) is 7.00. The van der Waals surface area contributed by atoms with Crippen LogP contribution in [0.3, 0.4) is 0 Å². The van der Waals surface area contributed by atoms with Crippen molar-refractivity contribution in [1.82, 2.24) is 10.6 Å². The first kappa shape index (κ1) is 14.5. The quantitative estimate of drug-likeness (QED) is 0.739. The maximum absolute atomic E-state index is 12.1. The number of nitrogens with one attached hydrogen (secondary N) is 2. The molecule has 0 aliphatic carbocycles. The van der Waals surface area contributed by atoms with Crippen LogP contribution in [-0.2, 0) is 4.79 Å². The van der Waals surface area contributed by atoms with Crippen LogP contribution in [0.25, 0.3) is 0 Å². The highest BCUT2D eigenvalue weighted by molar-refractivity contribution is 5.82. The van der Waals surface area contributed by atoms with Gasteiger partial charge in [0, 0.05) is 5.54 Å². The van der Waals surface area contributed by atoms with E-state index in [1.807, 2.05) is 20.8 Å². The molecule has 3 nitrogen and oxygen atoms in total. The fourth-order valence-corrected chi connectivity index (χ4v) is 2.24. The second-order valence-corrected chi connectivity index (χ2v) is 6.16. The van der Waals surface area contributed by atoms with Gasteiger partial charge < -0.3 is 10.6 Å². The Morgan fingerprint density at radius 2 is 1.65 bits per heavy atom. The van der Waals surface area contributed by atoms with E-state index in [9.17, 15) is 4.79 Å². The zero-order valence-corrected chi connectivity index (χ0v) is 11.6. The normalized spacial score (nSPS) is 24.1. The maximum atomic E-state index is 12.1. The van der Waals surface area contributed by atoms with Crippen LogP contribution in [0.4, 0.5) is 0 Å². The summed E-state index contributed by atoms with van der Waals surface area (Å²) in [5.74, 6) is 0.165. The van der Waals surface area contributed by atoms with Gasteiger partial charge >= 0.3 is 0 Å². The van der Waals surface area contributed by atoms with Crippen LogP contribution in [0.1, 0.15) is 65.7 Å². The monoisotopic (exact) mass is 240 g/mol. The van der Waals surface area contributed by atoms with Crippen molar-refractivity contribution in [2.45, 2.75) is 77.3 Å². The number of carbonyl (C=O) groups excluding carboxylic acids is 1. The highest BCUT2D eigenvalue weighted by atomic mass is 16.2. The zero-order valence-electron chi connectivity index (χ0n) is 11.6. The predicted molar refractivity (Wildman–Crippen MR) is 72.0 cm³/mol. The Bertz CT molecular complexity index is 223. The topological polar surface area (TPSA) is 41.1 Å². The lowest BCUT2D eigenvalue weighted by molar-refractivity contribution is -0.124. The van der Waals surface area contributed by atoms with Crippen LogP contribution in [0.5, 0.6) is 0 Å². The van der Waals surface area contributed by atoms with Crippen molar-refractivity contribution in [3.63, 3.8) is 0 Å². The Balaban J connectivity index is 2.43. The maximum Gasteiger partial charge on any atom is 0.237 e. The molecule has 0 radical (unpaired) electrons. The van der Waals surface area contributed by atoms with Crippen molar-refractivity contribution in [3.05, 3.63) is 0 Å². The molecular formula is C14H28N2O. The van der Waals surface area contributed by atoms with Crippen LogP contribution in [0.2, 0.25) is 0 Å². The molecule has 0 bridgehead atoms. The first-order valence-corrected chi connectivity index (χ1v) is 7.04. The average molecular weight is 240 g/mol. The lowest BCUT2D eigenvalue weighted by Gasteiger charge is -2.26. The van der Waals surface area contributed by atoms with Gasteiger partial charge in [0.1, 0.15) is 0 Å². The number of carbonyl (C=O) groups is 1. The van der Waals surface area contributed by atoms with Gasteiger partial charge in [-0.05, 0) is 40.2 Å². The number of rotatable bonds is 1. The van der Waals surface area contributed by atoms with Crippen LogP contribution in [0.15, 0.2) is 0 Å². The number of amides is 1. The standard InChI is InChI=1S/C14H28N2O/c1-14(2,3)16-13(17)12-10-8-6-4-5-7-9-11-15-12/h12,15H,4-11H2,1-3H3,(H,16,17). The lowest BCUT2D eigenvalue weighted by Crippen LogP contribution is -2.51. The molecule has 17 heavy (non-hydrogen) atoms. The number of hydrogen-bond acceptors (Lipinski definition) is 2. The Hall–Kier alpha value is -0.570. The molecule has 1 rings (SSSR count). The molecule has 1 saturated heterocycles. The molecular weight excluding hydrogens is 212 g/mol. The van der Waals surface area contributed by atoms with E-state index in [-0.39, 0.29) is 17.5 Å². The van der Waals surface area contributed by atoms with Crippen LogP contribution >= 0.6 is 0 Å². The van der Waals surface area contributed by atoms with Crippen LogP contribution in [-0.4, -0.2) is 24.0 Å². The summed E-state index contributed by atoms with van der Waals surface area (Å²) in [5, 5.41) is 6.47. The van der Waals surface area contributed by atoms with E-state index in [1.54, 1.807) is 0 Å². The van der Waals surface area contributed by atoms with E-state index in [1.165, 1.54) is 32.1 Å². The molecule has 0 aromatic heterocycles. The van der Waals surface area contributed by atoms with Crippen LogP contribution in [0, 0.1) is 0 Å². The van der Waals surface area contributed by atoms with Gasteiger partial charge in [-0.3, -0.25) is 4.79 Å². The summed E-state index contributed by atoms with van der Waals surface area (Å²) in [6.45, 7) is 7.07. The first-order chi connectivity index (χ1) is 7.99. The largest absolute Gasteiger partial charge is 0.350 e. The fraction of sp³-hybridized carbons (Fsp3) is 0.929. The Morgan fingerprint density at radius 3 is 2.29 bits per heavy atom. The third-order valence-corrected chi connectivity index (χ3v) is 3.13. The molecule has 1 aliphatic rings. The fourth-order valence-electron chi connectivity index (χ4n) is 2.24. The summed E-state index contributed by atoms with van der Waals surface area (Å²) in [6, 6.07) is 0.00678. The molecule has 1 aliphatic heterocycles. The molecule has 2 N–H and O–H groups in total. The van der Waals surface area contributed by atoms with Gasteiger partial charge in [-0.25, -0.2) is 0 Å². The van der Waals surface area contributed by atoms with Crippen molar-refractivity contribution in [2.24, 2.45) is 0 Å². The molecule has 0 aromatic carbocycles. The average Bonchev–Trinajstić information content (AvgIpc) is 2.23. The minimum Gasteiger partial charge on any atom is -0.350 e. The lowest BCUT2D eigenvalue weighted by atomic mass is 10.0. The molecule has 100 valence electrons. The van der Waals surface area contributed by atoms with Gasteiger partial charge in [0.2, 0.25) is 5.91 Å². The van der Waals surface area contributed by atoms with E-state index in [4.69, 9.17) is 0 Å². The molecule has 1 atom stereocenters. The third-order valence-electron chi connectivity index (χ3n) is 3.13. The third kappa shape index (κ3) is 6.67. The Kier molecular flexibility index (Phi) is 5.96. The van der Waals surface area contributed by atoms with Crippen molar-refractivity contribution >= 4 is 5.91 Å². The van der Waals surface area contributed by atoms with E-state index in [0.717, 1.165) is 19.4 Å². The van der Waals surface area contributed by atoms with Gasteiger partial charge in [-0.2, -0.15) is 0 Å². The van der Waals surface area contributed by atoms with Crippen LogP contribution < -0.4 is 10.6 Å². The summed E-state index contributed by atoms with van der Waals surface area (Å²) in [7, 11) is 0. The highest BCUT2D eigenvalue weighted by Gasteiger charge is 2.22. The van der Waals surface area contributed by atoms with Crippen molar-refractivity contribution in [1.29, 1.82) is 0 Å². The van der Waals surface area contributed by atoms with Gasteiger partial charge in [0.15, 0.2) is 0 Å². The summed E-state index contributed by atoms with van der Waals surface area (Å²) >= 11 is 0. The van der Waals surface area contributed by atoms with E-state index < -0.39 is 0 Å². The van der Waals surface area contributed by atoms with E-state index in [2.05, 4.69) is 10.6 Å². The Labute approximate surface area is 106 Å². The van der Waals surface area contributed by atoms with Gasteiger partial charge in [0.25, 0.3) is 0 Å². The summed E-state index contributed by atoms with van der Waals surface area (Å²) in [6.07, 6.45) is 8.56. The molecule has 0 spiro atoms. The molecule has 0 aromatic rings. The first-order valence-electron chi connectivity index (χ1n) is 7.04. The van der Waals surface area contributed by atoms with Crippen molar-refractivity contribution in [3.8, 4) is 0 Å². The summed E-state index contributed by atoms with van der Waals surface area (Å²) < 4.78 is 0. The summed E-state index contributed by atoms with van der Waals surface area (Å²) in [5.41, 5.74) is -0.131. The number of hydrogen-bond donors (Lipinski definition) is 2. The smallest absolute Gasteiger partial charge is 0.237 e. The molecule has 3 heteroatoms. The zero-order chi connectivity index (χ0) is 12.7. The van der Waals surface area contributed by atoms with Gasteiger partial charge in [-0.15, -0.1) is 0 Å². The summed E-state index contributed by atoms with van der Waals surface area (Å²) in [4.78, 5) is 12.1. The van der Waals surface area contributed by atoms with Crippen molar-refractivity contribution < 1.29 is 4.79 Å². The minimum atomic E-state index is -0.131. The highest BCUT2D eigenvalue weighted by Crippen LogP contribution is 2.12. The minimum absolute atomic E-state index is 0.00678. The van der Waals surface area contributed by atoms with E-state index in [0.29, 0.717) is 0 Å². The predicted octanol–water partition coefficient (Wildman–Crippen LogP) is 2.60. The molecule has 1 amide bonds. The SMILES string of the molecule is CC(C)(C)NC(=O)C1CCCCCCCCN1. The second-order valence-electron chi connectivity index (χ2n) is 6.16. The van der Waals surface area contributed by atoms with Gasteiger partial charge in [0.05, 0.1) is 6.04 Å². The molecule has 1 fully saturated rings. The van der Waals surface area contributed by atoms with Gasteiger partial charge in [-0.1, -0.05) is 32.1 Å². The molecule has 0 saturated carbocycles. The molecule has 1 heterocycles. The van der Waals surface area contributed by atoms with E-state index >= 15 is 0 Å². The van der Waals surface area contributed by atoms with Crippen molar-refractivity contribution in [2.75, 3.05) is 6.54 Å². The molecule has 1 unspecified atom stereocenters.